The van der Waals surface area contributed by atoms with E-state index in [1.54, 1.807) is 18.3 Å². The van der Waals surface area contributed by atoms with Gasteiger partial charge in [-0.1, -0.05) is 0 Å². The highest BCUT2D eigenvalue weighted by molar-refractivity contribution is 5.94. The van der Waals surface area contributed by atoms with Crippen molar-refractivity contribution in [3.05, 3.63) is 24.0 Å². The predicted molar refractivity (Wildman–Crippen MR) is 56.0 cm³/mol. The molecule has 0 atom stereocenters. The zero-order valence-electron chi connectivity index (χ0n) is 7.90. The molecule has 14 heavy (non-hydrogen) atoms. The zero-order chi connectivity index (χ0) is 9.68. The average Bonchev–Trinajstić information content (AvgIpc) is 2.15. The Hall–Kier alpha value is -1.13. The van der Waals surface area contributed by atoms with E-state index in [0.29, 0.717) is 24.6 Å². The third kappa shape index (κ3) is 3.32. The van der Waals surface area contributed by atoms with Crippen LogP contribution in [-0.4, -0.2) is 23.9 Å². The van der Waals surface area contributed by atoms with E-state index in [-0.39, 0.29) is 18.2 Å². The van der Waals surface area contributed by atoms with Crippen LogP contribution >= 0.6 is 12.4 Å². The molecular formula is C9H13ClN2O2. The quantitative estimate of drug-likeness (QED) is 0.764. The average molecular weight is 217 g/mol. The van der Waals surface area contributed by atoms with Crippen molar-refractivity contribution in [2.24, 2.45) is 5.73 Å². The lowest BCUT2D eigenvalue weighted by Crippen LogP contribution is -2.12. The molecule has 0 amide bonds. The van der Waals surface area contributed by atoms with Crippen molar-refractivity contribution < 1.29 is 9.53 Å². The number of pyridine rings is 1. The number of hydrogen-bond acceptors (Lipinski definition) is 4. The molecule has 0 aliphatic heterocycles. The van der Waals surface area contributed by atoms with Crippen molar-refractivity contribution in [2.75, 3.05) is 13.2 Å². The van der Waals surface area contributed by atoms with Gasteiger partial charge in [-0.2, -0.15) is 0 Å². The molecule has 0 aromatic carbocycles. The van der Waals surface area contributed by atoms with Gasteiger partial charge < -0.3 is 10.5 Å². The number of ether oxygens (including phenoxy) is 1. The van der Waals surface area contributed by atoms with E-state index in [1.165, 1.54) is 6.92 Å². The highest BCUT2D eigenvalue weighted by Gasteiger charge is 2.07. The van der Waals surface area contributed by atoms with E-state index >= 15 is 0 Å². The number of carbonyl (C=O) groups excluding carboxylic acids is 1. The first-order chi connectivity index (χ1) is 6.25. The third-order valence-corrected chi connectivity index (χ3v) is 1.48. The smallest absolute Gasteiger partial charge is 0.181 e. The summed E-state index contributed by atoms with van der Waals surface area (Å²) in [5.74, 6) is 0.396. The van der Waals surface area contributed by atoms with Crippen LogP contribution in [0.1, 0.15) is 17.4 Å². The number of hydrogen-bond donors (Lipinski definition) is 1. The molecule has 4 nitrogen and oxygen atoms in total. The van der Waals surface area contributed by atoms with Crippen LogP contribution in [0.5, 0.6) is 5.75 Å². The Morgan fingerprint density at radius 3 is 2.93 bits per heavy atom. The summed E-state index contributed by atoms with van der Waals surface area (Å²) >= 11 is 0. The summed E-state index contributed by atoms with van der Waals surface area (Å²) in [5.41, 5.74) is 5.63. The summed E-state index contributed by atoms with van der Waals surface area (Å²) in [6.07, 6.45) is 1.56. The summed E-state index contributed by atoms with van der Waals surface area (Å²) in [7, 11) is 0. The van der Waals surface area contributed by atoms with Gasteiger partial charge >= 0.3 is 0 Å². The Morgan fingerprint density at radius 2 is 2.36 bits per heavy atom. The Morgan fingerprint density at radius 1 is 1.64 bits per heavy atom. The molecule has 0 spiro atoms. The minimum absolute atomic E-state index is 0. The molecule has 1 aromatic rings. The first-order valence-electron chi connectivity index (χ1n) is 4.04. The topological polar surface area (TPSA) is 65.2 Å². The van der Waals surface area contributed by atoms with Crippen LogP contribution in [0.3, 0.4) is 0 Å². The normalized spacial score (nSPS) is 9.00. The van der Waals surface area contributed by atoms with Gasteiger partial charge in [0.05, 0.1) is 0 Å². The van der Waals surface area contributed by atoms with Crippen molar-refractivity contribution >= 4 is 18.2 Å². The fourth-order valence-corrected chi connectivity index (χ4v) is 0.940. The number of rotatable bonds is 4. The summed E-state index contributed by atoms with van der Waals surface area (Å²) in [6, 6.07) is 3.43. The SMILES string of the molecule is CC(=O)c1ncccc1OCCN.Cl. The van der Waals surface area contributed by atoms with Crippen LogP contribution in [0.2, 0.25) is 0 Å². The highest BCUT2D eigenvalue weighted by Crippen LogP contribution is 2.14. The standard InChI is InChI=1S/C9H12N2O2.ClH/c1-7(12)9-8(13-6-4-10)3-2-5-11-9;/h2-3,5H,4,6,10H2,1H3;1H. The van der Waals surface area contributed by atoms with Crippen molar-refractivity contribution in [2.45, 2.75) is 6.92 Å². The molecular weight excluding hydrogens is 204 g/mol. The molecule has 0 fully saturated rings. The molecule has 0 radical (unpaired) electrons. The second-order valence-electron chi connectivity index (χ2n) is 2.54. The largest absolute Gasteiger partial charge is 0.490 e. The van der Waals surface area contributed by atoms with Gasteiger partial charge in [0, 0.05) is 19.7 Å². The Kier molecular flexibility index (Phi) is 5.83. The van der Waals surface area contributed by atoms with E-state index < -0.39 is 0 Å². The van der Waals surface area contributed by atoms with E-state index in [2.05, 4.69) is 4.98 Å². The van der Waals surface area contributed by atoms with E-state index in [9.17, 15) is 4.79 Å². The molecule has 0 saturated heterocycles. The van der Waals surface area contributed by atoms with Crippen LogP contribution in [-0.2, 0) is 0 Å². The second-order valence-corrected chi connectivity index (χ2v) is 2.54. The lowest BCUT2D eigenvalue weighted by Gasteiger charge is -2.06. The predicted octanol–water partition coefficient (Wildman–Crippen LogP) is 1.04. The Bertz CT molecular complexity index is 305. The summed E-state index contributed by atoms with van der Waals surface area (Å²) in [6.45, 7) is 2.27. The molecule has 0 aliphatic rings. The lowest BCUT2D eigenvalue weighted by atomic mass is 10.2. The van der Waals surface area contributed by atoms with E-state index in [0.717, 1.165) is 0 Å². The second kappa shape index (κ2) is 6.34. The summed E-state index contributed by atoms with van der Waals surface area (Å²) < 4.78 is 5.24. The van der Waals surface area contributed by atoms with Crippen molar-refractivity contribution in [1.82, 2.24) is 4.98 Å². The maximum atomic E-state index is 11.1. The molecule has 0 saturated carbocycles. The molecule has 0 bridgehead atoms. The number of halogens is 1. The fraction of sp³-hybridized carbons (Fsp3) is 0.333. The van der Waals surface area contributed by atoms with Crippen LogP contribution in [0.15, 0.2) is 18.3 Å². The molecule has 1 rings (SSSR count). The first-order valence-corrected chi connectivity index (χ1v) is 4.04. The van der Waals surface area contributed by atoms with E-state index in [4.69, 9.17) is 10.5 Å². The molecule has 5 heteroatoms. The van der Waals surface area contributed by atoms with Gasteiger partial charge in [-0.15, -0.1) is 12.4 Å². The van der Waals surface area contributed by atoms with Gasteiger partial charge in [-0.25, -0.2) is 4.98 Å². The number of aromatic nitrogens is 1. The van der Waals surface area contributed by atoms with Gasteiger partial charge in [0.2, 0.25) is 0 Å². The van der Waals surface area contributed by atoms with Gasteiger partial charge in [0.25, 0.3) is 0 Å². The molecule has 78 valence electrons. The number of nitrogens with two attached hydrogens (primary N) is 1. The van der Waals surface area contributed by atoms with Gasteiger partial charge in [-0.3, -0.25) is 4.79 Å². The Labute approximate surface area is 88.9 Å². The minimum Gasteiger partial charge on any atom is -0.490 e. The molecule has 1 aromatic heterocycles. The number of ketones is 1. The first kappa shape index (κ1) is 12.9. The summed E-state index contributed by atoms with van der Waals surface area (Å²) in [4.78, 5) is 15.0. The monoisotopic (exact) mass is 216 g/mol. The molecule has 1 heterocycles. The van der Waals surface area contributed by atoms with Crippen LogP contribution in [0, 0.1) is 0 Å². The fourth-order valence-electron chi connectivity index (χ4n) is 0.940. The summed E-state index contributed by atoms with van der Waals surface area (Å²) in [5, 5.41) is 0. The van der Waals surface area contributed by atoms with Crippen molar-refractivity contribution in [3.63, 3.8) is 0 Å². The van der Waals surface area contributed by atoms with Gasteiger partial charge in [0.1, 0.15) is 18.1 Å². The van der Waals surface area contributed by atoms with Crippen LogP contribution in [0.4, 0.5) is 0 Å². The number of nitrogens with zero attached hydrogens (tertiary/aromatic N) is 1. The maximum Gasteiger partial charge on any atom is 0.181 e. The molecule has 0 aliphatic carbocycles. The van der Waals surface area contributed by atoms with Crippen LogP contribution < -0.4 is 10.5 Å². The van der Waals surface area contributed by atoms with Gasteiger partial charge in [-0.05, 0) is 12.1 Å². The third-order valence-electron chi connectivity index (χ3n) is 1.48. The van der Waals surface area contributed by atoms with E-state index in [1.807, 2.05) is 0 Å². The molecule has 2 N–H and O–H groups in total. The minimum atomic E-state index is -0.104. The molecule has 0 unspecified atom stereocenters. The zero-order valence-corrected chi connectivity index (χ0v) is 8.71. The maximum absolute atomic E-state index is 11.1. The highest BCUT2D eigenvalue weighted by atomic mass is 35.5. The number of Topliss-reactive ketones (excluding diaryl/α,β-unsaturated/α-hetero) is 1. The number of carbonyl (C=O) groups is 1. The van der Waals surface area contributed by atoms with Crippen molar-refractivity contribution in [3.8, 4) is 5.75 Å². The van der Waals surface area contributed by atoms with Gasteiger partial charge in [0.15, 0.2) is 5.78 Å². The van der Waals surface area contributed by atoms with Crippen molar-refractivity contribution in [1.29, 1.82) is 0 Å². The Balaban J connectivity index is 0.00000169. The van der Waals surface area contributed by atoms with Crippen LogP contribution in [0.25, 0.3) is 0 Å². The lowest BCUT2D eigenvalue weighted by molar-refractivity contribution is 0.100.